The Bertz CT molecular complexity index is 553. The maximum Gasteiger partial charge on any atom is 0.407 e. The molecule has 0 saturated carbocycles. The van der Waals surface area contributed by atoms with Gasteiger partial charge in [-0.2, -0.15) is 0 Å². The van der Waals surface area contributed by atoms with E-state index < -0.39 is 23.7 Å². The zero-order valence-corrected chi connectivity index (χ0v) is 13.8. The van der Waals surface area contributed by atoms with Crippen LogP contribution in [0, 0.1) is 0 Å². The van der Waals surface area contributed by atoms with E-state index in [2.05, 4.69) is 5.32 Å². The quantitative estimate of drug-likeness (QED) is 0.889. The molecule has 0 radical (unpaired) electrons. The number of amides is 1. The number of hydrogen-bond donors (Lipinski definition) is 2. The molecule has 1 saturated heterocycles. The molecule has 126 valence electrons. The van der Waals surface area contributed by atoms with Gasteiger partial charge in [-0.15, -0.1) is 0 Å². The van der Waals surface area contributed by atoms with Gasteiger partial charge in [-0.05, 0) is 32.8 Å². The molecule has 0 unspecified atom stereocenters. The average Bonchev–Trinajstić information content (AvgIpc) is 2.80. The van der Waals surface area contributed by atoms with Gasteiger partial charge in [-0.25, -0.2) is 4.79 Å². The highest BCUT2D eigenvalue weighted by Crippen LogP contribution is 2.21. The minimum Gasteiger partial charge on any atom is -0.480 e. The van der Waals surface area contributed by atoms with Crippen LogP contribution in [0.25, 0.3) is 0 Å². The number of carboxylic acid groups (broad SMARTS) is 1. The van der Waals surface area contributed by atoms with Crippen LogP contribution >= 0.6 is 0 Å². The van der Waals surface area contributed by atoms with Gasteiger partial charge in [0.1, 0.15) is 11.6 Å². The lowest BCUT2D eigenvalue weighted by atomic mass is 10.1. The van der Waals surface area contributed by atoms with Crippen LogP contribution in [-0.4, -0.2) is 46.3 Å². The largest absolute Gasteiger partial charge is 0.480 e. The fourth-order valence-electron chi connectivity index (χ4n) is 2.73. The molecule has 0 bridgehead atoms. The van der Waals surface area contributed by atoms with Crippen LogP contribution in [0.1, 0.15) is 32.8 Å². The number of carbonyl (C=O) groups excluding carboxylic acids is 1. The molecule has 2 N–H and O–H groups in total. The molecule has 1 aromatic rings. The fraction of sp³-hybridized carbons (Fsp3) is 0.529. The molecule has 23 heavy (non-hydrogen) atoms. The lowest BCUT2D eigenvalue weighted by Gasteiger charge is -2.22. The zero-order chi connectivity index (χ0) is 17.0. The number of alkyl carbamates (subject to hydrolysis) is 1. The minimum absolute atomic E-state index is 0.227. The van der Waals surface area contributed by atoms with Gasteiger partial charge in [-0.3, -0.25) is 9.69 Å². The molecular weight excluding hydrogens is 296 g/mol. The third kappa shape index (κ3) is 5.25. The first-order valence-electron chi connectivity index (χ1n) is 7.75. The van der Waals surface area contributed by atoms with Gasteiger partial charge in [0.05, 0.1) is 0 Å². The second-order valence-electron chi connectivity index (χ2n) is 6.85. The lowest BCUT2D eigenvalue weighted by Crippen LogP contribution is -2.40. The number of carboxylic acids is 1. The summed E-state index contributed by atoms with van der Waals surface area (Å²) in [6.07, 6.45) is -0.130. The van der Waals surface area contributed by atoms with Gasteiger partial charge >= 0.3 is 12.1 Å². The van der Waals surface area contributed by atoms with E-state index in [1.165, 1.54) is 0 Å². The second-order valence-corrected chi connectivity index (χ2v) is 6.85. The highest BCUT2D eigenvalue weighted by Gasteiger charge is 2.37. The molecule has 0 spiro atoms. The van der Waals surface area contributed by atoms with Crippen LogP contribution in [0.4, 0.5) is 4.79 Å². The first-order valence-corrected chi connectivity index (χ1v) is 7.75. The number of nitrogens with zero attached hydrogens (tertiary/aromatic N) is 1. The summed E-state index contributed by atoms with van der Waals surface area (Å²) in [5.74, 6) is -0.866. The molecular formula is C17H24N2O4. The number of likely N-dealkylation sites (tertiary alicyclic amines) is 1. The fourth-order valence-corrected chi connectivity index (χ4v) is 2.73. The first-order chi connectivity index (χ1) is 10.7. The van der Waals surface area contributed by atoms with Crippen molar-refractivity contribution in [3.63, 3.8) is 0 Å². The van der Waals surface area contributed by atoms with Crippen molar-refractivity contribution in [2.45, 2.75) is 51.4 Å². The van der Waals surface area contributed by atoms with E-state index in [0.29, 0.717) is 19.5 Å². The first kappa shape index (κ1) is 17.3. The van der Waals surface area contributed by atoms with Crippen molar-refractivity contribution < 1.29 is 19.4 Å². The van der Waals surface area contributed by atoms with Gasteiger partial charge in [-0.1, -0.05) is 30.3 Å². The Morgan fingerprint density at radius 1 is 1.30 bits per heavy atom. The van der Waals surface area contributed by atoms with Gasteiger partial charge in [0, 0.05) is 19.1 Å². The molecule has 2 rings (SSSR count). The molecule has 1 aliphatic heterocycles. The summed E-state index contributed by atoms with van der Waals surface area (Å²) in [5.41, 5.74) is 0.482. The van der Waals surface area contributed by atoms with Crippen molar-refractivity contribution in [2.24, 2.45) is 0 Å². The molecule has 1 amide bonds. The Morgan fingerprint density at radius 2 is 1.96 bits per heavy atom. The van der Waals surface area contributed by atoms with Crippen LogP contribution in [0.5, 0.6) is 0 Å². The maximum absolute atomic E-state index is 11.9. The Kier molecular flexibility index (Phi) is 5.26. The van der Waals surface area contributed by atoms with E-state index in [0.717, 1.165) is 5.56 Å². The summed E-state index contributed by atoms with van der Waals surface area (Å²) in [6.45, 7) is 6.42. The molecule has 0 aromatic heterocycles. The van der Waals surface area contributed by atoms with E-state index in [1.807, 2.05) is 35.2 Å². The van der Waals surface area contributed by atoms with Crippen LogP contribution in [-0.2, 0) is 16.1 Å². The monoisotopic (exact) mass is 320 g/mol. The summed E-state index contributed by atoms with van der Waals surface area (Å²) in [4.78, 5) is 25.2. The SMILES string of the molecule is CC(C)(C)OC(=O)N[C@H]1C[C@@H](C(=O)O)N(Cc2ccccc2)C1. The highest BCUT2D eigenvalue weighted by molar-refractivity contribution is 5.74. The molecule has 1 aromatic carbocycles. The number of aliphatic carboxylic acids is 1. The van der Waals surface area contributed by atoms with Crippen molar-refractivity contribution in [1.82, 2.24) is 10.2 Å². The van der Waals surface area contributed by atoms with Gasteiger partial charge in [0.25, 0.3) is 0 Å². The number of carbonyl (C=O) groups is 2. The Hall–Kier alpha value is -2.08. The average molecular weight is 320 g/mol. The molecule has 1 heterocycles. The normalized spacial score (nSPS) is 21.9. The number of hydrogen-bond acceptors (Lipinski definition) is 4. The van der Waals surface area contributed by atoms with Crippen molar-refractivity contribution in [3.05, 3.63) is 35.9 Å². The molecule has 6 nitrogen and oxygen atoms in total. The van der Waals surface area contributed by atoms with E-state index in [1.54, 1.807) is 20.8 Å². The van der Waals surface area contributed by atoms with E-state index >= 15 is 0 Å². The van der Waals surface area contributed by atoms with Gasteiger partial charge in [0.2, 0.25) is 0 Å². The van der Waals surface area contributed by atoms with E-state index in [-0.39, 0.29) is 6.04 Å². The Morgan fingerprint density at radius 3 is 2.52 bits per heavy atom. The standard InChI is InChI=1S/C17H24N2O4/c1-17(2,3)23-16(22)18-13-9-14(15(20)21)19(11-13)10-12-7-5-4-6-8-12/h4-8,13-14H,9-11H2,1-3H3,(H,18,22)(H,20,21)/t13-,14-/m0/s1. The minimum atomic E-state index is -0.866. The van der Waals surface area contributed by atoms with Crippen molar-refractivity contribution in [1.29, 1.82) is 0 Å². The molecule has 1 aliphatic rings. The van der Waals surface area contributed by atoms with E-state index in [4.69, 9.17) is 4.74 Å². The number of nitrogens with one attached hydrogen (secondary N) is 1. The molecule has 1 fully saturated rings. The molecule has 2 atom stereocenters. The van der Waals surface area contributed by atoms with Crippen LogP contribution in [0.2, 0.25) is 0 Å². The Balaban J connectivity index is 1.98. The zero-order valence-electron chi connectivity index (χ0n) is 13.8. The summed E-state index contributed by atoms with van der Waals surface area (Å²) >= 11 is 0. The maximum atomic E-state index is 11.9. The van der Waals surface area contributed by atoms with E-state index in [9.17, 15) is 14.7 Å². The van der Waals surface area contributed by atoms with Crippen molar-refractivity contribution >= 4 is 12.1 Å². The summed E-state index contributed by atoms with van der Waals surface area (Å²) in [7, 11) is 0. The number of rotatable bonds is 4. The number of ether oxygens (including phenoxy) is 1. The topological polar surface area (TPSA) is 78.9 Å². The summed E-state index contributed by atoms with van der Waals surface area (Å²) in [5, 5.41) is 12.2. The number of benzene rings is 1. The summed E-state index contributed by atoms with van der Waals surface area (Å²) < 4.78 is 5.23. The van der Waals surface area contributed by atoms with Crippen LogP contribution in [0.3, 0.4) is 0 Å². The predicted molar refractivity (Wildman–Crippen MR) is 86.1 cm³/mol. The predicted octanol–water partition coefficient (Wildman–Crippen LogP) is 2.24. The third-order valence-corrected chi connectivity index (χ3v) is 3.64. The van der Waals surface area contributed by atoms with Crippen molar-refractivity contribution in [2.75, 3.05) is 6.54 Å². The summed E-state index contributed by atoms with van der Waals surface area (Å²) in [6, 6.07) is 8.88. The lowest BCUT2D eigenvalue weighted by molar-refractivity contribution is -0.142. The molecule has 6 heteroatoms. The van der Waals surface area contributed by atoms with Gasteiger partial charge in [0.15, 0.2) is 0 Å². The highest BCUT2D eigenvalue weighted by atomic mass is 16.6. The third-order valence-electron chi connectivity index (χ3n) is 3.64. The van der Waals surface area contributed by atoms with Gasteiger partial charge < -0.3 is 15.2 Å². The van der Waals surface area contributed by atoms with Crippen molar-refractivity contribution in [3.8, 4) is 0 Å². The molecule has 0 aliphatic carbocycles. The smallest absolute Gasteiger partial charge is 0.407 e. The Labute approximate surface area is 136 Å². The van der Waals surface area contributed by atoms with Crippen LogP contribution in [0.15, 0.2) is 30.3 Å². The van der Waals surface area contributed by atoms with Crippen LogP contribution < -0.4 is 5.32 Å². The second kappa shape index (κ2) is 7.00.